The zero-order chi connectivity index (χ0) is 12.0. The topological polar surface area (TPSA) is 41.1 Å². The summed E-state index contributed by atoms with van der Waals surface area (Å²) in [5.74, 6) is -0.0577. The number of amides is 1. The largest absolute Gasteiger partial charge is 0.351 e. The number of rotatable bonds is 5. The molecule has 0 spiro atoms. The van der Waals surface area contributed by atoms with Gasteiger partial charge in [0.2, 0.25) is 0 Å². The van der Waals surface area contributed by atoms with Crippen molar-refractivity contribution >= 4 is 29.9 Å². The Hall–Kier alpha value is -0.770. The average molecular weight is 277 g/mol. The van der Waals surface area contributed by atoms with Gasteiger partial charge in [-0.3, -0.25) is 4.79 Å². The molecule has 5 heteroatoms. The Morgan fingerprint density at radius 3 is 2.65 bits per heavy atom. The molecule has 2 N–H and O–H groups in total. The van der Waals surface area contributed by atoms with Crippen molar-refractivity contribution in [2.24, 2.45) is 0 Å². The van der Waals surface area contributed by atoms with E-state index in [9.17, 15) is 4.79 Å². The normalized spacial score (nSPS) is 9.59. The highest BCUT2D eigenvalue weighted by Crippen LogP contribution is 2.15. The van der Waals surface area contributed by atoms with E-state index in [1.807, 2.05) is 13.8 Å². The first kappa shape index (κ1) is 16.2. The van der Waals surface area contributed by atoms with Crippen LogP contribution in [-0.4, -0.2) is 25.5 Å². The second kappa shape index (κ2) is 8.34. The van der Waals surface area contributed by atoms with Gasteiger partial charge >= 0.3 is 0 Å². The van der Waals surface area contributed by atoms with Crippen molar-refractivity contribution in [1.29, 1.82) is 0 Å². The molecular formula is C12H18Cl2N2O. The number of carbonyl (C=O) groups excluding carboxylic acids is 1. The zero-order valence-corrected chi connectivity index (χ0v) is 11.6. The summed E-state index contributed by atoms with van der Waals surface area (Å²) in [7, 11) is 0. The summed E-state index contributed by atoms with van der Waals surface area (Å²) >= 11 is 5.89. The number of benzene rings is 1. The molecule has 17 heavy (non-hydrogen) atoms. The molecule has 0 aliphatic heterocycles. The third-order valence-corrected chi connectivity index (χ3v) is 2.68. The number of likely N-dealkylation sites (N-methyl/N-ethyl adjacent to an activating group) is 1. The molecule has 1 rings (SSSR count). The van der Waals surface area contributed by atoms with Gasteiger partial charge in [-0.15, -0.1) is 12.4 Å². The van der Waals surface area contributed by atoms with Crippen molar-refractivity contribution in [2.75, 3.05) is 19.6 Å². The predicted molar refractivity (Wildman–Crippen MR) is 74.3 cm³/mol. The van der Waals surface area contributed by atoms with E-state index in [0.29, 0.717) is 17.1 Å². The van der Waals surface area contributed by atoms with Gasteiger partial charge in [-0.2, -0.15) is 0 Å². The van der Waals surface area contributed by atoms with E-state index in [1.165, 1.54) is 0 Å². The molecule has 0 bridgehead atoms. The summed E-state index contributed by atoms with van der Waals surface area (Å²) in [5.41, 5.74) is 1.57. The molecule has 1 aromatic rings. The van der Waals surface area contributed by atoms with Gasteiger partial charge < -0.3 is 10.6 Å². The summed E-state index contributed by atoms with van der Waals surface area (Å²) in [6.07, 6.45) is 0. The first-order chi connectivity index (χ1) is 7.65. The van der Waals surface area contributed by atoms with Crippen LogP contribution in [0.15, 0.2) is 18.2 Å². The molecule has 3 nitrogen and oxygen atoms in total. The molecule has 0 heterocycles. The Kier molecular flexibility index (Phi) is 7.96. The summed E-state index contributed by atoms with van der Waals surface area (Å²) < 4.78 is 0. The summed E-state index contributed by atoms with van der Waals surface area (Å²) in [5, 5.41) is 6.66. The Morgan fingerprint density at radius 2 is 2.06 bits per heavy atom. The molecule has 1 aromatic carbocycles. The third-order valence-electron chi connectivity index (χ3n) is 2.26. The lowest BCUT2D eigenvalue weighted by Crippen LogP contribution is -2.31. The molecule has 1 amide bonds. The minimum Gasteiger partial charge on any atom is -0.351 e. The van der Waals surface area contributed by atoms with Gasteiger partial charge in [0.05, 0.1) is 0 Å². The predicted octanol–water partition coefficient (Wildman–Crippen LogP) is 2.41. The second-order valence-electron chi connectivity index (χ2n) is 3.57. The van der Waals surface area contributed by atoms with Crippen LogP contribution < -0.4 is 10.6 Å². The molecular weight excluding hydrogens is 259 g/mol. The maximum atomic E-state index is 11.7. The maximum Gasteiger partial charge on any atom is 0.251 e. The number of carbonyl (C=O) groups is 1. The van der Waals surface area contributed by atoms with Crippen LogP contribution in [0.2, 0.25) is 5.02 Å². The van der Waals surface area contributed by atoms with Crippen molar-refractivity contribution in [1.82, 2.24) is 10.6 Å². The van der Waals surface area contributed by atoms with Gasteiger partial charge in [-0.25, -0.2) is 0 Å². The first-order valence-electron chi connectivity index (χ1n) is 5.40. The van der Waals surface area contributed by atoms with Gasteiger partial charge in [0.1, 0.15) is 0 Å². The van der Waals surface area contributed by atoms with Crippen molar-refractivity contribution in [2.45, 2.75) is 13.8 Å². The number of aryl methyl sites for hydroxylation is 1. The van der Waals surface area contributed by atoms with Crippen molar-refractivity contribution in [3.05, 3.63) is 34.3 Å². The Bertz CT molecular complexity index is 370. The molecule has 0 fully saturated rings. The average Bonchev–Trinajstić information content (AvgIpc) is 2.28. The van der Waals surface area contributed by atoms with E-state index in [0.717, 1.165) is 18.7 Å². The van der Waals surface area contributed by atoms with Crippen LogP contribution in [0.1, 0.15) is 22.8 Å². The summed E-state index contributed by atoms with van der Waals surface area (Å²) in [6, 6.07) is 5.28. The minimum atomic E-state index is -0.0577. The number of halogens is 2. The van der Waals surface area contributed by atoms with Gasteiger partial charge in [0.25, 0.3) is 5.91 Å². The SMILES string of the molecule is CCNCCNC(=O)c1ccc(Cl)c(C)c1.Cl. The van der Waals surface area contributed by atoms with Crippen LogP contribution in [0, 0.1) is 6.92 Å². The second-order valence-corrected chi connectivity index (χ2v) is 3.98. The van der Waals surface area contributed by atoms with E-state index >= 15 is 0 Å². The van der Waals surface area contributed by atoms with Crippen molar-refractivity contribution in [3.8, 4) is 0 Å². The maximum absolute atomic E-state index is 11.7. The molecule has 0 aliphatic carbocycles. The zero-order valence-electron chi connectivity index (χ0n) is 10.0. The number of hydrogen-bond donors (Lipinski definition) is 2. The monoisotopic (exact) mass is 276 g/mol. The van der Waals surface area contributed by atoms with E-state index in [-0.39, 0.29) is 18.3 Å². The Balaban J connectivity index is 0.00000256. The third kappa shape index (κ3) is 5.39. The smallest absolute Gasteiger partial charge is 0.251 e. The molecule has 0 aromatic heterocycles. The van der Waals surface area contributed by atoms with Crippen molar-refractivity contribution < 1.29 is 4.79 Å². The lowest BCUT2D eigenvalue weighted by molar-refractivity contribution is 0.0954. The van der Waals surface area contributed by atoms with Crippen LogP contribution in [0.25, 0.3) is 0 Å². The van der Waals surface area contributed by atoms with Crippen LogP contribution in [0.4, 0.5) is 0 Å². The van der Waals surface area contributed by atoms with Crippen LogP contribution >= 0.6 is 24.0 Å². The van der Waals surface area contributed by atoms with Gasteiger partial charge in [-0.1, -0.05) is 18.5 Å². The van der Waals surface area contributed by atoms with Gasteiger partial charge in [0, 0.05) is 23.7 Å². The van der Waals surface area contributed by atoms with Gasteiger partial charge in [-0.05, 0) is 37.2 Å². The van der Waals surface area contributed by atoms with E-state index in [1.54, 1.807) is 18.2 Å². The highest BCUT2D eigenvalue weighted by Gasteiger charge is 2.05. The van der Waals surface area contributed by atoms with Gasteiger partial charge in [0.15, 0.2) is 0 Å². The highest BCUT2D eigenvalue weighted by molar-refractivity contribution is 6.31. The molecule has 0 aliphatic rings. The van der Waals surface area contributed by atoms with Crippen LogP contribution in [0.5, 0.6) is 0 Å². The Labute approximate surface area is 113 Å². The standard InChI is InChI=1S/C12H17ClN2O.ClH/c1-3-14-6-7-15-12(16)10-4-5-11(13)9(2)8-10;/h4-5,8,14H,3,6-7H2,1-2H3,(H,15,16);1H. The lowest BCUT2D eigenvalue weighted by Gasteiger charge is -2.06. The van der Waals surface area contributed by atoms with Crippen LogP contribution in [-0.2, 0) is 0 Å². The van der Waals surface area contributed by atoms with E-state index in [2.05, 4.69) is 10.6 Å². The summed E-state index contributed by atoms with van der Waals surface area (Å²) in [4.78, 5) is 11.7. The molecule has 0 saturated heterocycles. The molecule has 0 radical (unpaired) electrons. The van der Waals surface area contributed by atoms with E-state index in [4.69, 9.17) is 11.6 Å². The number of nitrogens with one attached hydrogen (secondary N) is 2. The van der Waals surface area contributed by atoms with Crippen LogP contribution in [0.3, 0.4) is 0 Å². The summed E-state index contributed by atoms with van der Waals surface area (Å²) in [6.45, 7) is 6.25. The molecule has 0 unspecified atom stereocenters. The minimum absolute atomic E-state index is 0. The fraction of sp³-hybridized carbons (Fsp3) is 0.417. The Morgan fingerprint density at radius 1 is 1.35 bits per heavy atom. The molecule has 0 saturated carbocycles. The van der Waals surface area contributed by atoms with Crippen molar-refractivity contribution in [3.63, 3.8) is 0 Å². The molecule has 0 atom stereocenters. The number of hydrogen-bond acceptors (Lipinski definition) is 2. The fourth-order valence-corrected chi connectivity index (χ4v) is 1.45. The quantitative estimate of drug-likeness (QED) is 0.811. The highest BCUT2D eigenvalue weighted by atomic mass is 35.5. The fourth-order valence-electron chi connectivity index (χ4n) is 1.33. The lowest BCUT2D eigenvalue weighted by atomic mass is 10.1. The van der Waals surface area contributed by atoms with E-state index < -0.39 is 0 Å². The molecule has 96 valence electrons. The first-order valence-corrected chi connectivity index (χ1v) is 5.78.